The third kappa shape index (κ3) is 3.35. The maximum absolute atomic E-state index is 3.45. The monoisotopic (exact) mass is 274 g/mol. The largest absolute Gasteiger partial charge is 0.371 e. The molecular weight excluding hydrogens is 244 g/mol. The minimum Gasteiger partial charge on any atom is -0.371 e. The summed E-state index contributed by atoms with van der Waals surface area (Å²) < 4.78 is 0. The Morgan fingerprint density at radius 2 is 1.85 bits per heavy atom. The number of nitrogens with zero attached hydrogens (tertiary/aromatic N) is 1. The van der Waals surface area contributed by atoms with E-state index in [9.17, 15) is 0 Å². The molecule has 112 valence electrons. The van der Waals surface area contributed by atoms with E-state index in [1.807, 2.05) is 0 Å². The van der Waals surface area contributed by atoms with E-state index in [0.717, 1.165) is 18.3 Å². The molecule has 1 aromatic carbocycles. The molecule has 1 N–H and O–H groups in total. The summed E-state index contributed by atoms with van der Waals surface area (Å²) in [6.07, 6.45) is 3.81. The molecule has 1 atom stereocenters. The van der Waals surface area contributed by atoms with Crippen LogP contribution in [0.5, 0.6) is 0 Å². The second kappa shape index (κ2) is 7.12. The Balaban J connectivity index is 2.13. The Hall–Kier alpha value is -1.02. The second-order valence-corrected chi connectivity index (χ2v) is 6.38. The predicted molar refractivity (Wildman–Crippen MR) is 88.3 cm³/mol. The van der Waals surface area contributed by atoms with Gasteiger partial charge in [-0.2, -0.15) is 0 Å². The molecule has 0 amide bonds. The Kier molecular flexibility index (Phi) is 5.47. The van der Waals surface area contributed by atoms with Gasteiger partial charge in [-0.1, -0.05) is 39.0 Å². The fourth-order valence-electron chi connectivity index (χ4n) is 3.46. The van der Waals surface area contributed by atoms with Gasteiger partial charge in [0, 0.05) is 24.8 Å². The number of anilines is 1. The number of hydrogen-bond acceptors (Lipinski definition) is 2. The van der Waals surface area contributed by atoms with E-state index in [1.54, 1.807) is 0 Å². The Labute approximate surface area is 124 Å². The predicted octanol–water partition coefficient (Wildman–Crippen LogP) is 4.23. The first-order chi connectivity index (χ1) is 9.67. The summed E-state index contributed by atoms with van der Waals surface area (Å²) in [5.74, 6) is 1.73. The summed E-state index contributed by atoms with van der Waals surface area (Å²) in [5, 5.41) is 3.45. The average molecular weight is 274 g/mol. The smallest absolute Gasteiger partial charge is 0.0414 e. The lowest BCUT2D eigenvalue weighted by atomic mass is 9.86. The summed E-state index contributed by atoms with van der Waals surface area (Å²) in [4.78, 5) is 2.59. The number of benzene rings is 1. The molecule has 1 aromatic rings. The lowest BCUT2D eigenvalue weighted by Crippen LogP contribution is -2.36. The van der Waals surface area contributed by atoms with Crippen LogP contribution in [0, 0.1) is 11.8 Å². The highest BCUT2D eigenvalue weighted by Crippen LogP contribution is 2.32. The van der Waals surface area contributed by atoms with Gasteiger partial charge < -0.3 is 10.2 Å². The first kappa shape index (κ1) is 15.4. The minimum atomic E-state index is 0.467. The van der Waals surface area contributed by atoms with Crippen molar-refractivity contribution in [2.24, 2.45) is 11.8 Å². The molecule has 0 spiro atoms. The van der Waals surface area contributed by atoms with E-state index < -0.39 is 0 Å². The average Bonchev–Trinajstić information content (AvgIpc) is 2.49. The standard InChI is InChI=1S/C18H30N2/c1-5-17(19-4)16-8-6-7-9-18(16)20-12-10-15(11-13-20)14(2)3/h6-9,14-15,17,19H,5,10-13H2,1-4H3. The van der Waals surface area contributed by atoms with Crippen LogP contribution in [0.4, 0.5) is 5.69 Å². The highest BCUT2D eigenvalue weighted by molar-refractivity contribution is 5.55. The highest BCUT2D eigenvalue weighted by atomic mass is 15.1. The molecular formula is C18H30N2. The van der Waals surface area contributed by atoms with Gasteiger partial charge >= 0.3 is 0 Å². The molecule has 1 aliphatic heterocycles. The van der Waals surface area contributed by atoms with Crippen LogP contribution in [0.2, 0.25) is 0 Å². The topological polar surface area (TPSA) is 15.3 Å². The lowest BCUT2D eigenvalue weighted by Gasteiger charge is -2.37. The quantitative estimate of drug-likeness (QED) is 0.864. The number of hydrogen-bond donors (Lipinski definition) is 1. The summed E-state index contributed by atoms with van der Waals surface area (Å²) in [7, 11) is 2.07. The van der Waals surface area contributed by atoms with Gasteiger partial charge in [-0.3, -0.25) is 0 Å². The summed E-state index contributed by atoms with van der Waals surface area (Å²) >= 11 is 0. The van der Waals surface area contributed by atoms with Crippen LogP contribution in [-0.2, 0) is 0 Å². The van der Waals surface area contributed by atoms with Gasteiger partial charge in [-0.05, 0) is 49.8 Å². The number of para-hydroxylation sites is 1. The second-order valence-electron chi connectivity index (χ2n) is 6.38. The Morgan fingerprint density at radius 3 is 2.40 bits per heavy atom. The van der Waals surface area contributed by atoms with E-state index >= 15 is 0 Å². The zero-order valence-electron chi connectivity index (χ0n) is 13.5. The molecule has 1 unspecified atom stereocenters. The van der Waals surface area contributed by atoms with Crippen LogP contribution in [-0.4, -0.2) is 20.1 Å². The zero-order valence-corrected chi connectivity index (χ0v) is 13.5. The van der Waals surface area contributed by atoms with E-state index in [1.165, 1.54) is 37.2 Å². The van der Waals surface area contributed by atoms with E-state index in [0.29, 0.717) is 6.04 Å². The molecule has 1 saturated heterocycles. The minimum absolute atomic E-state index is 0.467. The van der Waals surface area contributed by atoms with Gasteiger partial charge in [0.05, 0.1) is 0 Å². The third-order valence-electron chi connectivity index (χ3n) is 4.89. The van der Waals surface area contributed by atoms with Crippen LogP contribution >= 0.6 is 0 Å². The lowest BCUT2D eigenvalue weighted by molar-refractivity contribution is 0.311. The van der Waals surface area contributed by atoms with Crippen molar-refractivity contribution in [3.05, 3.63) is 29.8 Å². The van der Waals surface area contributed by atoms with Crippen molar-refractivity contribution in [2.75, 3.05) is 25.0 Å². The van der Waals surface area contributed by atoms with Crippen molar-refractivity contribution in [1.82, 2.24) is 5.32 Å². The Morgan fingerprint density at radius 1 is 1.20 bits per heavy atom. The van der Waals surface area contributed by atoms with Crippen molar-refractivity contribution in [1.29, 1.82) is 0 Å². The molecule has 2 rings (SSSR count). The van der Waals surface area contributed by atoms with Crippen molar-refractivity contribution < 1.29 is 0 Å². The van der Waals surface area contributed by atoms with Gasteiger partial charge in [0.2, 0.25) is 0 Å². The van der Waals surface area contributed by atoms with Crippen molar-refractivity contribution in [3.63, 3.8) is 0 Å². The number of nitrogens with one attached hydrogen (secondary N) is 1. The van der Waals surface area contributed by atoms with Gasteiger partial charge in [-0.15, -0.1) is 0 Å². The molecule has 2 heteroatoms. The van der Waals surface area contributed by atoms with Crippen LogP contribution < -0.4 is 10.2 Å². The molecule has 0 radical (unpaired) electrons. The molecule has 1 heterocycles. The first-order valence-electron chi connectivity index (χ1n) is 8.18. The van der Waals surface area contributed by atoms with E-state index in [2.05, 4.69) is 62.3 Å². The maximum Gasteiger partial charge on any atom is 0.0414 e. The molecule has 1 aliphatic rings. The van der Waals surface area contributed by atoms with Crippen LogP contribution in [0.15, 0.2) is 24.3 Å². The summed E-state index contributed by atoms with van der Waals surface area (Å²) in [6, 6.07) is 9.39. The normalized spacial score (nSPS) is 18.6. The van der Waals surface area contributed by atoms with Crippen LogP contribution in [0.25, 0.3) is 0 Å². The van der Waals surface area contributed by atoms with Crippen molar-refractivity contribution in [2.45, 2.75) is 46.1 Å². The van der Waals surface area contributed by atoms with Gasteiger partial charge in [0.1, 0.15) is 0 Å². The van der Waals surface area contributed by atoms with Crippen LogP contribution in [0.1, 0.15) is 51.6 Å². The number of piperidine rings is 1. The molecule has 0 aromatic heterocycles. The van der Waals surface area contributed by atoms with E-state index in [-0.39, 0.29) is 0 Å². The maximum atomic E-state index is 3.45. The number of rotatable bonds is 5. The molecule has 20 heavy (non-hydrogen) atoms. The molecule has 0 bridgehead atoms. The fraction of sp³-hybridized carbons (Fsp3) is 0.667. The molecule has 1 fully saturated rings. The molecule has 0 aliphatic carbocycles. The zero-order chi connectivity index (χ0) is 14.5. The van der Waals surface area contributed by atoms with Gasteiger partial charge in [0.15, 0.2) is 0 Å². The van der Waals surface area contributed by atoms with Crippen molar-refractivity contribution in [3.8, 4) is 0 Å². The SMILES string of the molecule is CCC(NC)c1ccccc1N1CCC(C(C)C)CC1. The van der Waals surface area contributed by atoms with E-state index in [4.69, 9.17) is 0 Å². The third-order valence-corrected chi connectivity index (χ3v) is 4.89. The Bertz CT molecular complexity index is 402. The molecule has 2 nitrogen and oxygen atoms in total. The molecule has 0 saturated carbocycles. The summed E-state index contributed by atoms with van der Waals surface area (Å²) in [6.45, 7) is 9.40. The van der Waals surface area contributed by atoms with Crippen molar-refractivity contribution >= 4 is 5.69 Å². The summed E-state index contributed by atoms with van der Waals surface area (Å²) in [5.41, 5.74) is 2.90. The van der Waals surface area contributed by atoms with Gasteiger partial charge in [-0.25, -0.2) is 0 Å². The fourth-order valence-corrected chi connectivity index (χ4v) is 3.46. The van der Waals surface area contributed by atoms with Gasteiger partial charge in [0.25, 0.3) is 0 Å². The van der Waals surface area contributed by atoms with Crippen LogP contribution in [0.3, 0.4) is 0 Å². The highest BCUT2D eigenvalue weighted by Gasteiger charge is 2.23. The first-order valence-corrected chi connectivity index (χ1v) is 8.18.